The normalized spacial score (nSPS) is 11.8. The SMILES string of the molecule is NCCOS(=O)(=O)OCCN. The first kappa shape index (κ1) is 10.8. The number of hydrogen-bond acceptors (Lipinski definition) is 6. The molecule has 0 bridgehead atoms. The first-order valence-electron chi connectivity index (χ1n) is 3.06. The largest absolute Gasteiger partial charge is 0.399 e. The van der Waals surface area contributed by atoms with E-state index >= 15 is 0 Å². The lowest BCUT2D eigenvalue weighted by Crippen LogP contribution is -2.19. The maximum absolute atomic E-state index is 10.6. The van der Waals surface area contributed by atoms with Crippen LogP contribution >= 0.6 is 0 Å². The molecule has 0 aliphatic rings. The molecular weight excluding hydrogens is 172 g/mol. The van der Waals surface area contributed by atoms with Gasteiger partial charge in [-0.05, 0) is 0 Å². The molecule has 0 spiro atoms. The van der Waals surface area contributed by atoms with E-state index in [1.807, 2.05) is 0 Å². The highest BCUT2D eigenvalue weighted by Crippen LogP contribution is 1.93. The van der Waals surface area contributed by atoms with Gasteiger partial charge in [-0.15, -0.1) is 0 Å². The third kappa shape index (κ3) is 6.20. The van der Waals surface area contributed by atoms with Crippen LogP contribution in [0.2, 0.25) is 0 Å². The molecule has 0 unspecified atom stereocenters. The van der Waals surface area contributed by atoms with Crippen molar-refractivity contribution in [2.45, 2.75) is 0 Å². The molecule has 0 aromatic carbocycles. The van der Waals surface area contributed by atoms with E-state index in [4.69, 9.17) is 11.5 Å². The van der Waals surface area contributed by atoms with Gasteiger partial charge in [-0.2, -0.15) is 8.42 Å². The van der Waals surface area contributed by atoms with Gasteiger partial charge in [-0.3, -0.25) is 0 Å². The van der Waals surface area contributed by atoms with Gasteiger partial charge in [0, 0.05) is 13.1 Å². The molecule has 0 saturated heterocycles. The van der Waals surface area contributed by atoms with Crippen molar-refractivity contribution in [3.63, 3.8) is 0 Å². The monoisotopic (exact) mass is 184 g/mol. The van der Waals surface area contributed by atoms with Crippen LogP contribution in [0.5, 0.6) is 0 Å². The van der Waals surface area contributed by atoms with Crippen molar-refractivity contribution >= 4 is 10.4 Å². The Hall–Kier alpha value is -0.210. The van der Waals surface area contributed by atoms with Crippen LogP contribution in [-0.2, 0) is 18.8 Å². The Kier molecular flexibility index (Phi) is 5.34. The van der Waals surface area contributed by atoms with Gasteiger partial charge < -0.3 is 11.5 Å². The minimum atomic E-state index is -3.87. The van der Waals surface area contributed by atoms with Gasteiger partial charge in [0.05, 0.1) is 13.2 Å². The van der Waals surface area contributed by atoms with Gasteiger partial charge in [0.2, 0.25) is 0 Å². The molecule has 7 heteroatoms. The summed E-state index contributed by atoms with van der Waals surface area (Å²) in [6.45, 7) is 0.107. The minimum Gasteiger partial charge on any atom is -0.328 e. The third-order valence-electron chi connectivity index (χ3n) is 0.691. The molecule has 11 heavy (non-hydrogen) atoms. The van der Waals surface area contributed by atoms with Crippen LogP contribution in [0.4, 0.5) is 0 Å². The third-order valence-corrected chi connectivity index (χ3v) is 1.60. The lowest BCUT2D eigenvalue weighted by molar-refractivity contribution is 0.223. The summed E-state index contributed by atoms with van der Waals surface area (Å²) < 4.78 is 29.7. The highest BCUT2D eigenvalue weighted by molar-refractivity contribution is 7.81. The fourth-order valence-corrected chi connectivity index (χ4v) is 1.00. The Morgan fingerprint density at radius 2 is 1.36 bits per heavy atom. The van der Waals surface area contributed by atoms with Crippen LogP contribution in [-0.4, -0.2) is 34.7 Å². The van der Waals surface area contributed by atoms with Gasteiger partial charge in [0.15, 0.2) is 0 Å². The number of hydrogen-bond donors (Lipinski definition) is 2. The summed E-state index contributed by atoms with van der Waals surface area (Å²) >= 11 is 0. The fourth-order valence-electron chi connectivity index (χ4n) is 0.334. The van der Waals surface area contributed by atoms with E-state index in [1.54, 1.807) is 0 Å². The van der Waals surface area contributed by atoms with Gasteiger partial charge >= 0.3 is 10.4 Å². The van der Waals surface area contributed by atoms with Gasteiger partial charge in [0.1, 0.15) is 0 Å². The average molecular weight is 184 g/mol. The standard InChI is InChI=1S/C4H12N2O4S/c5-1-3-9-11(7,8)10-4-2-6/h1-6H2. The smallest absolute Gasteiger partial charge is 0.328 e. The average Bonchev–Trinajstić information content (AvgIpc) is 1.97. The molecule has 4 N–H and O–H groups in total. The summed E-state index contributed by atoms with van der Waals surface area (Å²) in [4.78, 5) is 0. The van der Waals surface area contributed by atoms with Crippen LogP contribution in [0.25, 0.3) is 0 Å². The summed E-state index contributed by atoms with van der Waals surface area (Å²) in [7, 11) is -3.87. The lowest BCUT2D eigenvalue weighted by atomic mass is 10.8. The summed E-state index contributed by atoms with van der Waals surface area (Å²) in [6.07, 6.45) is 0. The zero-order valence-corrected chi connectivity index (χ0v) is 6.84. The molecule has 0 heterocycles. The van der Waals surface area contributed by atoms with Crippen LogP contribution in [0, 0.1) is 0 Å². The highest BCUT2D eigenvalue weighted by Gasteiger charge is 2.09. The Bertz CT molecular complexity index is 165. The van der Waals surface area contributed by atoms with E-state index in [0.717, 1.165) is 0 Å². The number of nitrogens with two attached hydrogens (primary N) is 2. The maximum Gasteiger partial charge on any atom is 0.399 e. The van der Waals surface area contributed by atoms with Crippen molar-refractivity contribution in [2.24, 2.45) is 11.5 Å². The van der Waals surface area contributed by atoms with Crippen molar-refractivity contribution < 1.29 is 16.8 Å². The molecule has 0 fully saturated rings. The van der Waals surface area contributed by atoms with Crippen molar-refractivity contribution in [1.29, 1.82) is 0 Å². The zero-order valence-electron chi connectivity index (χ0n) is 6.02. The first-order chi connectivity index (χ1) is 5.12. The van der Waals surface area contributed by atoms with E-state index in [1.165, 1.54) is 0 Å². The molecule has 68 valence electrons. The molecule has 0 aliphatic heterocycles. The summed E-state index contributed by atoms with van der Waals surface area (Å²) in [6, 6.07) is 0. The zero-order chi connectivity index (χ0) is 8.74. The predicted octanol–water partition coefficient (Wildman–Crippen LogP) is -1.82. The molecule has 0 saturated carbocycles. The quantitative estimate of drug-likeness (QED) is 0.503. The van der Waals surface area contributed by atoms with Gasteiger partial charge in [0.25, 0.3) is 0 Å². The van der Waals surface area contributed by atoms with Gasteiger partial charge in [-0.25, -0.2) is 8.37 Å². The summed E-state index contributed by atoms with van der Waals surface area (Å²) in [5, 5.41) is 0. The first-order valence-corrected chi connectivity index (χ1v) is 4.39. The van der Waals surface area contributed by atoms with E-state index in [2.05, 4.69) is 8.37 Å². The van der Waals surface area contributed by atoms with Crippen LogP contribution in [0.1, 0.15) is 0 Å². The Morgan fingerprint density at radius 1 is 1.00 bits per heavy atom. The molecule has 6 nitrogen and oxygen atoms in total. The second-order valence-electron chi connectivity index (χ2n) is 1.63. The van der Waals surface area contributed by atoms with E-state index in [9.17, 15) is 8.42 Å². The molecule has 0 aliphatic carbocycles. The second kappa shape index (κ2) is 5.44. The van der Waals surface area contributed by atoms with E-state index in [-0.39, 0.29) is 26.3 Å². The van der Waals surface area contributed by atoms with E-state index in [0.29, 0.717) is 0 Å². The van der Waals surface area contributed by atoms with Crippen molar-refractivity contribution in [3.8, 4) is 0 Å². The van der Waals surface area contributed by atoms with Crippen molar-refractivity contribution in [1.82, 2.24) is 0 Å². The Morgan fingerprint density at radius 3 is 1.64 bits per heavy atom. The number of rotatable bonds is 6. The molecule has 0 aromatic rings. The Balaban J connectivity index is 3.63. The molecule has 0 atom stereocenters. The van der Waals surface area contributed by atoms with Crippen LogP contribution in [0.3, 0.4) is 0 Å². The van der Waals surface area contributed by atoms with Crippen LogP contribution in [0.15, 0.2) is 0 Å². The highest BCUT2D eigenvalue weighted by atomic mass is 32.3. The van der Waals surface area contributed by atoms with Crippen LogP contribution < -0.4 is 11.5 Å². The minimum absolute atomic E-state index is 0.0765. The Labute approximate surface area is 65.8 Å². The second-order valence-corrected chi connectivity index (χ2v) is 2.92. The van der Waals surface area contributed by atoms with Crippen molar-refractivity contribution in [2.75, 3.05) is 26.3 Å². The topological polar surface area (TPSA) is 105 Å². The lowest BCUT2D eigenvalue weighted by Gasteiger charge is -2.02. The molecule has 0 radical (unpaired) electrons. The summed E-state index contributed by atoms with van der Waals surface area (Å²) in [5.74, 6) is 0. The van der Waals surface area contributed by atoms with Gasteiger partial charge in [-0.1, -0.05) is 0 Å². The maximum atomic E-state index is 10.6. The van der Waals surface area contributed by atoms with Crippen molar-refractivity contribution in [3.05, 3.63) is 0 Å². The fraction of sp³-hybridized carbons (Fsp3) is 1.00. The molecule has 0 amide bonds. The molecular formula is C4H12N2O4S. The molecule has 0 aromatic heterocycles. The predicted molar refractivity (Wildman–Crippen MR) is 38.9 cm³/mol. The molecule has 0 rings (SSSR count). The van der Waals surface area contributed by atoms with E-state index < -0.39 is 10.4 Å². The summed E-state index contributed by atoms with van der Waals surface area (Å²) in [5.41, 5.74) is 9.99.